The van der Waals surface area contributed by atoms with Crippen molar-refractivity contribution in [1.82, 2.24) is 0 Å². The highest BCUT2D eigenvalue weighted by Gasteiger charge is 1.80. The fourth-order valence-electron chi connectivity index (χ4n) is 0. The largest absolute Gasteiger partial charge is 0.481 e. The van der Waals surface area contributed by atoms with Crippen LogP contribution in [-0.4, -0.2) is 22.0 Å². The van der Waals surface area contributed by atoms with Crippen LogP contribution in [0, 0.1) is 0 Å². The van der Waals surface area contributed by atoms with Gasteiger partial charge in [-0.15, -0.1) is 12.4 Å². The normalized spacial score (nSPS) is 4.62. The summed E-state index contributed by atoms with van der Waals surface area (Å²) in [5.41, 5.74) is 0. The molecule has 0 saturated heterocycles. The van der Waals surface area contributed by atoms with Gasteiger partial charge in [0.25, 0.3) is 0 Å². The third-order valence-corrected chi connectivity index (χ3v) is 0.302. The topological polar surface area (TPSA) is 100 Å². The summed E-state index contributed by atoms with van der Waals surface area (Å²) < 4.78 is 0. The molecule has 0 aliphatic carbocycles. The van der Waals surface area contributed by atoms with Gasteiger partial charge in [0.1, 0.15) is 0 Å². The fraction of sp³-hybridized carbons (Fsp3) is 0.667. The minimum atomic E-state index is -0.745. The van der Waals surface area contributed by atoms with Crippen molar-refractivity contribution in [2.24, 2.45) is 0 Å². The maximum atomic E-state index is 9.37. The van der Waals surface area contributed by atoms with E-state index < -0.39 is 5.97 Å². The first-order chi connectivity index (χ1) is 2.27. The van der Waals surface area contributed by atoms with Gasteiger partial charge in [-0.3, -0.25) is 4.79 Å². The summed E-state index contributed by atoms with van der Waals surface area (Å²) in [6, 6.07) is 0. The third-order valence-electron chi connectivity index (χ3n) is 0.302. The van der Waals surface area contributed by atoms with Crippen molar-refractivity contribution in [3.05, 3.63) is 0 Å². The second-order valence-electron chi connectivity index (χ2n) is 0.747. The van der Waals surface area contributed by atoms with Gasteiger partial charge in [-0.05, 0) is 0 Å². The first kappa shape index (κ1) is 25.3. The molecule has 0 heterocycles. The Bertz CT molecular complexity index is 46.5. The summed E-state index contributed by atoms with van der Waals surface area (Å²) in [4.78, 5) is 9.37. The van der Waals surface area contributed by atoms with Gasteiger partial charge >= 0.3 is 5.97 Å². The van der Waals surface area contributed by atoms with E-state index in [0.717, 1.165) is 0 Å². The smallest absolute Gasteiger partial charge is 0.303 e. The Morgan fingerprint density at radius 1 is 1.50 bits per heavy atom. The summed E-state index contributed by atoms with van der Waals surface area (Å²) in [6.45, 7) is 1.60. The summed E-state index contributed by atoms with van der Waals surface area (Å²) in [5, 5.41) is 7.72. The van der Waals surface area contributed by atoms with E-state index in [2.05, 4.69) is 0 Å². The van der Waals surface area contributed by atoms with Crippen LogP contribution in [0.1, 0.15) is 13.3 Å². The van der Waals surface area contributed by atoms with Crippen LogP contribution in [0.2, 0.25) is 0 Å². The number of carboxylic acid groups (broad SMARTS) is 1. The van der Waals surface area contributed by atoms with E-state index in [1.165, 1.54) is 0 Å². The second kappa shape index (κ2) is 15.9. The van der Waals surface area contributed by atoms with E-state index in [-0.39, 0.29) is 29.8 Å². The molecular formula is C3H11ClO4. The van der Waals surface area contributed by atoms with Crippen LogP contribution in [0.15, 0.2) is 0 Å². The fourth-order valence-corrected chi connectivity index (χ4v) is 0. The molecule has 8 heavy (non-hydrogen) atoms. The molecule has 0 aromatic carbocycles. The van der Waals surface area contributed by atoms with E-state index in [1.807, 2.05) is 0 Å². The first-order valence-electron chi connectivity index (χ1n) is 1.49. The Kier molecular flexibility index (Phi) is 50.3. The molecule has 0 spiro atoms. The molecule has 0 saturated carbocycles. The SMILES string of the molecule is CCC(=O)O.Cl.O.O. The highest BCUT2D eigenvalue weighted by atomic mass is 35.5. The van der Waals surface area contributed by atoms with E-state index in [9.17, 15) is 4.79 Å². The Hall–Kier alpha value is -0.320. The molecule has 0 bridgehead atoms. The minimum Gasteiger partial charge on any atom is -0.481 e. The van der Waals surface area contributed by atoms with Crippen LogP contribution in [0.4, 0.5) is 0 Å². The first-order valence-corrected chi connectivity index (χ1v) is 1.49. The van der Waals surface area contributed by atoms with Crippen LogP contribution in [0.5, 0.6) is 0 Å². The average molecular weight is 147 g/mol. The molecular weight excluding hydrogens is 135 g/mol. The molecule has 0 aromatic rings. The molecule has 0 atom stereocenters. The predicted octanol–water partition coefficient (Wildman–Crippen LogP) is -0.747. The maximum Gasteiger partial charge on any atom is 0.303 e. The highest BCUT2D eigenvalue weighted by Crippen LogP contribution is 1.67. The monoisotopic (exact) mass is 146 g/mol. The van der Waals surface area contributed by atoms with E-state index in [0.29, 0.717) is 0 Å². The van der Waals surface area contributed by atoms with Crippen molar-refractivity contribution in [3.63, 3.8) is 0 Å². The quantitative estimate of drug-likeness (QED) is 0.527. The summed E-state index contributed by atoms with van der Waals surface area (Å²) in [6.07, 6.45) is 0.222. The van der Waals surface area contributed by atoms with Crippen LogP contribution in [0.3, 0.4) is 0 Å². The molecule has 5 N–H and O–H groups in total. The zero-order valence-electron chi connectivity index (χ0n) is 4.47. The molecule has 0 fully saturated rings. The predicted molar refractivity (Wildman–Crippen MR) is 32.4 cm³/mol. The van der Waals surface area contributed by atoms with Gasteiger partial charge in [0.05, 0.1) is 0 Å². The lowest BCUT2D eigenvalue weighted by Gasteiger charge is -1.71. The molecule has 0 radical (unpaired) electrons. The van der Waals surface area contributed by atoms with Crippen molar-refractivity contribution in [1.29, 1.82) is 0 Å². The molecule has 0 aromatic heterocycles. The Labute approximate surface area is 53.5 Å². The van der Waals surface area contributed by atoms with E-state index >= 15 is 0 Å². The number of rotatable bonds is 1. The summed E-state index contributed by atoms with van der Waals surface area (Å²) >= 11 is 0. The van der Waals surface area contributed by atoms with Crippen molar-refractivity contribution >= 4 is 18.4 Å². The molecule has 0 rings (SSSR count). The van der Waals surface area contributed by atoms with Crippen LogP contribution >= 0.6 is 12.4 Å². The Balaban J connectivity index is -0.0000000267. The standard InChI is InChI=1S/C3H6O2.ClH.2H2O/c1-2-3(4)5;;;/h2H2,1H3,(H,4,5);1H;2*1H2. The van der Waals surface area contributed by atoms with Gasteiger partial charge in [0, 0.05) is 6.42 Å². The number of carboxylic acids is 1. The van der Waals surface area contributed by atoms with Gasteiger partial charge in [-0.25, -0.2) is 0 Å². The molecule has 0 aliphatic rings. The highest BCUT2D eigenvalue weighted by molar-refractivity contribution is 5.85. The van der Waals surface area contributed by atoms with Crippen molar-refractivity contribution in [2.75, 3.05) is 0 Å². The lowest BCUT2D eigenvalue weighted by Crippen LogP contribution is -1.86. The zero-order chi connectivity index (χ0) is 4.28. The van der Waals surface area contributed by atoms with Crippen LogP contribution < -0.4 is 0 Å². The molecule has 54 valence electrons. The molecule has 4 nitrogen and oxygen atoms in total. The number of hydrogen-bond donors (Lipinski definition) is 1. The average Bonchev–Trinajstić information content (AvgIpc) is 1.38. The van der Waals surface area contributed by atoms with Crippen LogP contribution in [0.25, 0.3) is 0 Å². The van der Waals surface area contributed by atoms with Gasteiger partial charge in [0.2, 0.25) is 0 Å². The molecule has 5 heteroatoms. The Morgan fingerprint density at radius 2 is 1.62 bits per heavy atom. The molecule has 0 unspecified atom stereocenters. The lowest BCUT2D eigenvalue weighted by atomic mass is 10.5. The van der Waals surface area contributed by atoms with Crippen molar-refractivity contribution in [2.45, 2.75) is 13.3 Å². The number of carbonyl (C=O) groups is 1. The molecule has 0 aliphatic heterocycles. The van der Waals surface area contributed by atoms with Crippen molar-refractivity contribution in [3.8, 4) is 0 Å². The zero-order valence-corrected chi connectivity index (χ0v) is 5.29. The summed E-state index contributed by atoms with van der Waals surface area (Å²) in [7, 11) is 0. The Morgan fingerprint density at radius 3 is 1.62 bits per heavy atom. The number of hydrogen-bond acceptors (Lipinski definition) is 1. The van der Waals surface area contributed by atoms with E-state index in [1.54, 1.807) is 6.92 Å². The summed E-state index contributed by atoms with van der Waals surface area (Å²) in [5.74, 6) is -0.745. The van der Waals surface area contributed by atoms with E-state index in [4.69, 9.17) is 5.11 Å². The molecule has 0 amide bonds. The van der Waals surface area contributed by atoms with Crippen LogP contribution in [-0.2, 0) is 4.79 Å². The van der Waals surface area contributed by atoms with Crippen molar-refractivity contribution < 1.29 is 20.9 Å². The van der Waals surface area contributed by atoms with Gasteiger partial charge in [0.15, 0.2) is 0 Å². The van der Waals surface area contributed by atoms with Gasteiger partial charge in [-0.1, -0.05) is 6.92 Å². The lowest BCUT2D eigenvalue weighted by molar-refractivity contribution is -0.136. The number of aliphatic carboxylic acids is 1. The van der Waals surface area contributed by atoms with Gasteiger partial charge in [-0.2, -0.15) is 0 Å². The minimum absolute atomic E-state index is 0. The third kappa shape index (κ3) is 44.1. The number of halogens is 1. The maximum absolute atomic E-state index is 9.37. The second-order valence-corrected chi connectivity index (χ2v) is 0.747. The van der Waals surface area contributed by atoms with Gasteiger partial charge < -0.3 is 16.1 Å².